The van der Waals surface area contributed by atoms with Crippen LogP contribution in [0.3, 0.4) is 0 Å². The van der Waals surface area contributed by atoms with Crippen molar-refractivity contribution in [2.75, 3.05) is 11.9 Å². The van der Waals surface area contributed by atoms with Gasteiger partial charge in [-0.25, -0.2) is 0 Å². The number of carboxylic acids is 1. The molecule has 1 rings (SSSR count). The maximum absolute atomic E-state index is 10.4. The van der Waals surface area contributed by atoms with Crippen molar-refractivity contribution in [1.29, 1.82) is 0 Å². The minimum Gasteiger partial charge on any atom is -0.481 e. The molecule has 86 valence electrons. The second-order valence-corrected chi connectivity index (χ2v) is 3.54. The van der Waals surface area contributed by atoms with Gasteiger partial charge in [0.1, 0.15) is 0 Å². The predicted molar refractivity (Wildman–Crippen MR) is 65.7 cm³/mol. The first-order chi connectivity index (χ1) is 7.72. The zero-order valence-corrected chi connectivity index (χ0v) is 9.44. The first-order valence-corrected chi connectivity index (χ1v) is 5.38. The summed E-state index contributed by atoms with van der Waals surface area (Å²) in [4.78, 5) is 10.4. The molecular weight excluding hydrogens is 202 g/mol. The molecule has 0 bridgehead atoms. The van der Waals surface area contributed by atoms with Crippen LogP contribution in [0.25, 0.3) is 0 Å². The molecule has 0 radical (unpaired) electrons. The van der Waals surface area contributed by atoms with Crippen molar-refractivity contribution in [2.24, 2.45) is 0 Å². The number of hydrogen-bond acceptors (Lipinski definition) is 2. The minimum atomic E-state index is -0.754. The van der Waals surface area contributed by atoms with Crippen LogP contribution in [0.4, 0.5) is 5.69 Å². The summed E-state index contributed by atoms with van der Waals surface area (Å²) in [6.45, 7) is 2.79. The lowest BCUT2D eigenvalue weighted by Gasteiger charge is -2.04. The third-order valence-electron chi connectivity index (χ3n) is 2.24. The monoisotopic (exact) mass is 219 g/mol. The molecule has 0 aliphatic carbocycles. The van der Waals surface area contributed by atoms with Crippen LogP contribution in [0.5, 0.6) is 0 Å². The second kappa shape index (κ2) is 6.67. The number of benzene rings is 1. The fraction of sp³-hybridized carbons (Fsp3) is 0.308. The van der Waals surface area contributed by atoms with Crippen LogP contribution < -0.4 is 5.32 Å². The van der Waals surface area contributed by atoms with Gasteiger partial charge >= 0.3 is 5.97 Å². The summed E-state index contributed by atoms with van der Waals surface area (Å²) >= 11 is 0. The van der Waals surface area contributed by atoms with E-state index < -0.39 is 5.97 Å². The van der Waals surface area contributed by atoms with Gasteiger partial charge in [0, 0.05) is 18.7 Å². The number of aryl methyl sites for hydroxylation is 1. The van der Waals surface area contributed by atoms with Crippen molar-refractivity contribution >= 4 is 11.7 Å². The Morgan fingerprint density at radius 2 is 2.06 bits per heavy atom. The van der Waals surface area contributed by atoms with Crippen LogP contribution in [-0.2, 0) is 11.2 Å². The van der Waals surface area contributed by atoms with E-state index in [-0.39, 0.29) is 6.42 Å². The number of aliphatic carboxylic acids is 1. The van der Waals surface area contributed by atoms with E-state index in [9.17, 15) is 4.79 Å². The maximum atomic E-state index is 10.4. The molecule has 0 saturated carbocycles. The quantitative estimate of drug-likeness (QED) is 0.723. The topological polar surface area (TPSA) is 49.3 Å². The molecule has 3 nitrogen and oxygen atoms in total. The van der Waals surface area contributed by atoms with E-state index in [2.05, 4.69) is 5.32 Å². The van der Waals surface area contributed by atoms with Crippen molar-refractivity contribution in [3.05, 3.63) is 42.0 Å². The van der Waals surface area contributed by atoms with Gasteiger partial charge in [-0.3, -0.25) is 4.79 Å². The smallest absolute Gasteiger partial charge is 0.303 e. The summed E-state index contributed by atoms with van der Waals surface area (Å²) in [7, 11) is 0. The highest BCUT2D eigenvalue weighted by atomic mass is 16.4. The molecule has 0 aromatic heterocycles. The van der Waals surface area contributed by atoms with E-state index in [1.165, 1.54) is 0 Å². The van der Waals surface area contributed by atoms with E-state index in [1.54, 1.807) is 0 Å². The highest BCUT2D eigenvalue weighted by Gasteiger charge is 1.98. The number of nitrogens with one attached hydrogen (secondary N) is 1. The van der Waals surface area contributed by atoms with Crippen molar-refractivity contribution in [3.8, 4) is 0 Å². The van der Waals surface area contributed by atoms with Crippen LogP contribution >= 0.6 is 0 Å². The molecule has 3 heteroatoms. The third-order valence-corrected chi connectivity index (χ3v) is 2.24. The molecule has 0 heterocycles. The van der Waals surface area contributed by atoms with Crippen LogP contribution in [-0.4, -0.2) is 17.6 Å². The highest BCUT2D eigenvalue weighted by Crippen LogP contribution is 2.10. The number of carboxylic acid groups (broad SMARTS) is 1. The van der Waals surface area contributed by atoms with Gasteiger partial charge in [-0.1, -0.05) is 24.3 Å². The minimum absolute atomic E-state index is 0.186. The molecule has 0 fully saturated rings. The molecule has 0 aliphatic rings. The Morgan fingerprint density at radius 1 is 1.38 bits per heavy atom. The Balaban J connectivity index is 2.44. The second-order valence-electron chi connectivity index (χ2n) is 3.54. The summed E-state index contributed by atoms with van der Waals surface area (Å²) in [5.74, 6) is -0.754. The van der Waals surface area contributed by atoms with Gasteiger partial charge in [-0.2, -0.15) is 0 Å². The molecule has 0 amide bonds. The van der Waals surface area contributed by atoms with E-state index >= 15 is 0 Å². The fourth-order valence-electron chi connectivity index (χ4n) is 1.34. The lowest BCUT2D eigenvalue weighted by Crippen LogP contribution is -1.99. The van der Waals surface area contributed by atoms with Gasteiger partial charge < -0.3 is 10.4 Å². The van der Waals surface area contributed by atoms with Crippen LogP contribution in [0.15, 0.2) is 36.4 Å². The Morgan fingerprint density at radius 3 is 2.62 bits per heavy atom. The van der Waals surface area contributed by atoms with Gasteiger partial charge in [0.15, 0.2) is 0 Å². The van der Waals surface area contributed by atoms with Crippen molar-refractivity contribution in [3.63, 3.8) is 0 Å². The van der Waals surface area contributed by atoms with Gasteiger partial charge in [0.05, 0.1) is 0 Å². The zero-order chi connectivity index (χ0) is 11.8. The van der Waals surface area contributed by atoms with Crippen LogP contribution in [0.1, 0.15) is 18.9 Å². The summed E-state index contributed by atoms with van der Waals surface area (Å²) in [6.07, 6.45) is 4.81. The number of allylic oxidation sites excluding steroid dienone is 1. The van der Waals surface area contributed by atoms with E-state index in [1.807, 2.05) is 43.3 Å². The van der Waals surface area contributed by atoms with E-state index in [0.717, 1.165) is 17.8 Å². The predicted octanol–water partition coefficient (Wildman–Crippen LogP) is 2.69. The normalized spacial score (nSPS) is 10.6. The van der Waals surface area contributed by atoms with Crippen LogP contribution in [0, 0.1) is 0 Å². The molecule has 0 saturated heterocycles. The molecule has 2 N–H and O–H groups in total. The lowest BCUT2D eigenvalue weighted by molar-refractivity contribution is -0.136. The molecular formula is C13H17NO2. The van der Waals surface area contributed by atoms with Crippen molar-refractivity contribution in [1.82, 2.24) is 0 Å². The SMILES string of the molecule is CC=CCNc1ccc(CCC(=O)O)cc1. The number of hydrogen-bond donors (Lipinski definition) is 2. The standard InChI is InChI=1S/C13H17NO2/c1-2-3-10-14-12-7-4-11(5-8-12)6-9-13(15)16/h2-5,7-8,14H,6,9-10H2,1H3,(H,15,16). The molecule has 0 aliphatic heterocycles. The summed E-state index contributed by atoms with van der Waals surface area (Å²) in [5, 5.41) is 11.8. The van der Waals surface area contributed by atoms with Gasteiger partial charge in [-0.15, -0.1) is 0 Å². The Hall–Kier alpha value is -1.77. The Kier molecular flexibility index (Phi) is 5.12. The van der Waals surface area contributed by atoms with Gasteiger partial charge in [0.25, 0.3) is 0 Å². The molecule has 0 unspecified atom stereocenters. The largest absolute Gasteiger partial charge is 0.481 e. The van der Waals surface area contributed by atoms with Gasteiger partial charge in [0.2, 0.25) is 0 Å². The number of anilines is 1. The van der Waals surface area contributed by atoms with Crippen molar-refractivity contribution in [2.45, 2.75) is 19.8 Å². The number of carbonyl (C=O) groups is 1. The molecule has 0 atom stereocenters. The molecule has 1 aromatic rings. The average Bonchev–Trinajstić information content (AvgIpc) is 2.28. The lowest BCUT2D eigenvalue weighted by atomic mass is 10.1. The highest BCUT2D eigenvalue weighted by molar-refractivity contribution is 5.67. The van der Waals surface area contributed by atoms with Crippen molar-refractivity contribution < 1.29 is 9.90 Å². The molecule has 1 aromatic carbocycles. The van der Waals surface area contributed by atoms with E-state index in [4.69, 9.17) is 5.11 Å². The maximum Gasteiger partial charge on any atom is 0.303 e. The van der Waals surface area contributed by atoms with Crippen LogP contribution in [0.2, 0.25) is 0 Å². The average molecular weight is 219 g/mol. The summed E-state index contributed by atoms with van der Waals surface area (Å²) in [5.41, 5.74) is 2.11. The molecule has 0 spiro atoms. The Bertz CT molecular complexity index is 355. The summed E-state index contributed by atoms with van der Waals surface area (Å²) in [6, 6.07) is 7.86. The third kappa shape index (κ3) is 4.64. The zero-order valence-electron chi connectivity index (χ0n) is 9.44. The molecule has 16 heavy (non-hydrogen) atoms. The fourth-order valence-corrected chi connectivity index (χ4v) is 1.34. The first kappa shape index (κ1) is 12.3. The first-order valence-electron chi connectivity index (χ1n) is 5.38. The van der Waals surface area contributed by atoms with Gasteiger partial charge in [-0.05, 0) is 31.0 Å². The number of rotatable bonds is 6. The summed E-state index contributed by atoms with van der Waals surface area (Å²) < 4.78 is 0. The van der Waals surface area contributed by atoms with E-state index in [0.29, 0.717) is 6.42 Å². The Labute approximate surface area is 95.8 Å².